The first-order valence-electron chi connectivity index (χ1n) is 5.60. The number of hydrogen-bond acceptors (Lipinski definition) is 4. The molecule has 2 rings (SSSR count). The topological polar surface area (TPSA) is 105 Å². The van der Waals surface area contributed by atoms with E-state index < -0.39 is 11.8 Å². The summed E-state index contributed by atoms with van der Waals surface area (Å²) in [6.45, 7) is 3.61. The molecule has 0 radical (unpaired) electrons. The van der Waals surface area contributed by atoms with Crippen LogP contribution in [0.25, 0.3) is 0 Å². The Bertz CT molecular complexity index is 607. The van der Waals surface area contributed by atoms with Crippen molar-refractivity contribution in [2.75, 3.05) is 0 Å². The quantitative estimate of drug-likeness (QED) is 0.654. The van der Waals surface area contributed by atoms with Crippen LogP contribution >= 0.6 is 0 Å². The van der Waals surface area contributed by atoms with Crippen molar-refractivity contribution < 1.29 is 9.59 Å². The van der Waals surface area contributed by atoms with E-state index in [1.165, 1.54) is 0 Å². The van der Waals surface area contributed by atoms with Crippen LogP contribution in [0.4, 0.5) is 0 Å². The van der Waals surface area contributed by atoms with Crippen LogP contribution in [-0.2, 0) is 7.05 Å². The van der Waals surface area contributed by atoms with Gasteiger partial charge in [0.05, 0.1) is 0 Å². The third kappa shape index (κ3) is 2.79. The van der Waals surface area contributed by atoms with Gasteiger partial charge in [-0.15, -0.1) is 0 Å². The first-order chi connectivity index (χ1) is 8.97. The Morgan fingerprint density at radius 3 is 2.26 bits per heavy atom. The maximum Gasteiger partial charge on any atom is 0.290 e. The van der Waals surface area contributed by atoms with E-state index in [2.05, 4.69) is 26.1 Å². The van der Waals surface area contributed by atoms with E-state index in [1.54, 1.807) is 30.8 Å². The Hall–Kier alpha value is -2.64. The Balaban J connectivity index is 1.95. The molecule has 2 aromatic heterocycles. The highest BCUT2D eigenvalue weighted by atomic mass is 16.2. The molecule has 19 heavy (non-hydrogen) atoms. The SMILES string of the molecule is Cc1cc(C(=O)NNC(=O)c2cc(C)n(C)n2)n[nH]1. The van der Waals surface area contributed by atoms with Gasteiger partial charge in [-0.2, -0.15) is 10.2 Å². The number of nitrogens with one attached hydrogen (secondary N) is 3. The minimum absolute atomic E-state index is 0.204. The monoisotopic (exact) mass is 262 g/mol. The first kappa shape index (κ1) is 12.8. The van der Waals surface area contributed by atoms with Crippen molar-refractivity contribution in [2.24, 2.45) is 7.05 Å². The molecular formula is C11H14N6O2. The van der Waals surface area contributed by atoms with E-state index in [4.69, 9.17) is 0 Å². The molecule has 0 aliphatic carbocycles. The van der Waals surface area contributed by atoms with Crippen LogP contribution in [0.2, 0.25) is 0 Å². The van der Waals surface area contributed by atoms with Crippen molar-refractivity contribution in [2.45, 2.75) is 13.8 Å². The summed E-state index contributed by atoms with van der Waals surface area (Å²) in [6.07, 6.45) is 0. The smallest absolute Gasteiger partial charge is 0.282 e. The van der Waals surface area contributed by atoms with Crippen molar-refractivity contribution in [3.63, 3.8) is 0 Å². The van der Waals surface area contributed by atoms with Crippen LogP contribution in [0.5, 0.6) is 0 Å². The molecule has 0 fully saturated rings. The van der Waals surface area contributed by atoms with Gasteiger partial charge >= 0.3 is 0 Å². The molecular weight excluding hydrogens is 248 g/mol. The number of rotatable bonds is 2. The van der Waals surface area contributed by atoms with Gasteiger partial charge in [0.2, 0.25) is 0 Å². The lowest BCUT2D eigenvalue weighted by molar-refractivity contribution is 0.0841. The molecule has 0 unspecified atom stereocenters. The maximum absolute atomic E-state index is 11.7. The number of nitrogens with zero attached hydrogens (tertiary/aromatic N) is 3. The zero-order valence-corrected chi connectivity index (χ0v) is 10.8. The lowest BCUT2D eigenvalue weighted by Crippen LogP contribution is -2.42. The van der Waals surface area contributed by atoms with Crippen molar-refractivity contribution in [1.82, 2.24) is 30.8 Å². The zero-order valence-electron chi connectivity index (χ0n) is 10.8. The second-order valence-electron chi connectivity index (χ2n) is 4.14. The van der Waals surface area contributed by atoms with Crippen LogP contribution < -0.4 is 10.9 Å². The number of amides is 2. The third-order valence-corrected chi connectivity index (χ3v) is 2.57. The summed E-state index contributed by atoms with van der Waals surface area (Å²) in [5.74, 6) is -0.977. The average molecular weight is 262 g/mol. The highest BCUT2D eigenvalue weighted by Gasteiger charge is 2.13. The summed E-state index contributed by atoms with van der Waals surface area (Å²) in [7, 11) is 1.73. The molecule has 2 aromatic rings. The standard InChI is InChI=1S/C11H14N6O2/c1-6-4-8(13-12-6)10(18)14-15-11(19)9-5-7(2)17(3)16-9/h4-5H,1-3H3,(H,12,13)(H,14,18)(H,15,19). The molecule has 0 atom stereocenters. The van der Waals surface area contributed by atoms with Gasteiger partial charge in [-0.05, 0) is 26.0 Å². The Morgan fingerprint density at radius 2 is 1.79 bits per heavy atom. The fourth-order valence-electron chi connectivity index (χ4n) is 1.45. The van der Waals surface area contributed by atoms with Crippen molar-refractivity contribution in [3.8, 4) is 0 Å². The molecule has 0 saturated heterocycles. The number of hydrogen-bond donors (Lipinski definition) is 3. The fourth-order valence-corrected chi connectivity index (χ4v) is 1.45. The molecule has 2 amide bonds. The second kappa shape index (κ2) is 4.92. The van der Waals surface area contributed by atoms with Crippen LogP contribution in [0.15, 0.2) is 12.1 Å². The van der Waals surface area contributed by atoms with Gasteiger partial charge in [0.25, 0.3) is 11.8 Å². The highest BCUT2D eigenvalue weighted by molar-refractivity contribution is 5.97. The van der Waals surface area contributed by atoms with Gasteiger partial charge in [0, 0.05) is 18.4 Å². The molecule has 0 aliphatic heterocycles. The minimum atomic E-state index is -0.495. The molecule has 0 aliphatic rings. The maximum atomic E-state index is 11.7. The van der Waals surface area contributed by atoms with Crippen molar-refractivity contribution in [3.05, 3.63) is 34.9 Å². The number of H-pyrrole nitrogens is 1. The molecule has 3 N–H and O–H groups in total. The van der Waals surface area contributed by atoms with Crippen LogP contribution in [-0.4, -0.2) is 31.8 Å². The van der Waals surface area contributed by atoms with Crippen LogP contribution in [0.3, 0.4) is 0 Å². The van der Waals surface area contributed by atoms with E-state index in [0.29, 0.717) is 0 Å². The third-order valence-electron chi connectivity index (χ3n) is 2.57. The molecule has 0 bridgehead atoms. The van der Waals surface area contributed by atoms with Gasteiger partial charge in [-0.1, -0.05) is 0 Å². The molecule has 0 spiro atoms. The Kier molecular flexibility index (Phi) is 3.32. The van der Waals surface area contributed by atoms with Gasteiger partial charge in [-0.25, -0.2) is 0 Å². The Labute approximate surface area is 109 Å². The first-order valence-corrected chi connectivity index (χ1v) is 5.60. The van der Waals surface area contributed by atoms with Crippen molar-refractivity contribution in [1.29, 1.82) is 0 Å². The number of hydrazine groups is 1. The van der Waals surface area contributed by atoms with Gasteiger partial charge in [0.15, 0.2) is 11.4 Å². The van der Waals surface area contributed by atoms with Crippen LogP contribution in [0.1, 0.15) is 32.4 Å². The molecule has 100 valence electrons. The predicted molar refractivity (Wildman–Crippen MR) is 66.2 cm³/mol. The number of aryl methyl sites for hydroxylation is 3. The zero-order chi connectivity index (χ0) is 14.0. The van der Waals surface area contributed by atoms with E-state index in [9.17, 15) is 9.59 Å². The summed E-state index contributed by atoms with van der Waals surface area (Å²) in [5, 5.41) is 10.4. The number of aromatic amines is 1. The summed E-state index contributed by atoms with van der Waals surface area (Å²) in [4.78, 5) is 23.4. The number of aromatic nitrogens is 4. The highest BCUT2D eigenvalue weighted by Crippen LogP contribution is 2.00. The summed E-state index contributed by atoms with van der Waals surface area (Å²) >= 11 is 0. The average Bonchev–Trinajstić information content (AvgIpc) is 2.93. The van der Waals surface area contributed by atoms with E-state index in [1.807, 2.05) is 6.92 Å². The second-order valence-corrected chi connectivity index (χ2v) is 4.14. The summed E-state index contributed by atoms with van der Waals surface area (Å²) < 4.78 is 1.58. The lowest BCUT2D eigenvalue weighted by Gasteiger charge is -2.03. The molecule has 2 heterocycles. The van der Waals surface area contributed by atoms with Gasteiger partial charge < -0.3 is 0 Å². The number of carbonyl (C=O) groups is 2. The Morgan fingerprint density at radius 1 is 1.16 bits per heavy atom. The summed E-state index contributed by atoms with van der Waals surface area (Å²) in [5.41, 5.74) is 6.59. The largest absolute Gasteiger partial charge is 0.290 e. The molecule has 0 saturated carbocycles. The van der Waals surface area contributed by atoms with Gasteiger partial charge in [0.1, 0.15) is 0 Å². The van der Waals surface area contributed by atoms with E-state index in [-0.39, 0.29) is 11.4 Å². The number of carbonyl (C=O) groups excluding carboxylic acids is 2. The van der Waals surface area contributed by atoms with E-state index >= 15 is 0 Å². The predicted octanol–water partition coefficient (Wildman–Crippen LogP) is -0.165. The fraction of sp³-hybridized carbons (Fsp3) is 0.273. The van der Waals surface area contributed by atoms with E-state index in [0.717, 1.165) is 11.4 Å². The van der Waals surface area contributed by atoms with Gasteiger partial charge in [-0.3, -0.25) is 30.2 Å². The lowest BCUT2D eigenvalue weighted by atomic mass is 10.3. The normalized spacial score (nSPS) is 10.3. The molecule has 8 heteroatoms. The van der Waals surface area contributed by atoms with Crippen LogP contribution in [0, 0.1) is 13.8 Å². The summed E-state index contributed by atoms with van der Waals surface area (Å²) in [6, 6.07) is 3.20. The van der Waals surface area contributed by atoms with Crippen molar-refractivity contribution >= 4 is 11.8 Å². The minimum Gasteiger partial charge on any atom is -0.282 e. The molecule has 0 aromatic carbocycles. The molecule has 8 nitrogen and oxygen atoms in total.